The third kappa shape index (κ3) is 3.91. The second kappa shape index (κ2) is 6.53. The third-order valence-electron chi connectivity index (χ3n) is 3.44. The fraction of sp³-hybridized carbons (Fsp3) is 0.429. The molecule has 1 aromatic rings. The number of hydrogen-bond donors (Lipinski definition) is 3. The first kappa shape index (κ1) is 15.2. The van der Waals surface area contributed by atoms with Gasteiger partial charge in [0, 0.05) is 13.1 Å². The molecule has 2 atom stereocenters. The lowest BCUT2D eigenvalue weighted by atomic mass is 10.1. The SMILES string of the molecule is CN(C)[C@@H](CNC(=O)[C@@H]1CNC(=O)N1)c1ccc(F)cc1. The highest BCUT2D eigenvalue weighted by atomic mass is 19.1. The van der Waals surface area contributed by atoms with E-state index >= 15 is 0 Å². The van der Waals surface area contributed by atoms with E-state index < -0.39 is 6.04 Å². The molecule has 0 aromatic heterocycles. The van der Waals surface area contributed by atoms with Gasteiger partial charge in [0.15, 0.2) is 0 Å². The van der Waals surface area contributed by atoms with E-state index in [0.29, 0.717) is 6.54 Å². The van der Waals surface area contributed by atoms with Crippen LogP contribution in [0.15, 0.2) is 24.3 Å². The highest BCUT2D eigenvalue weighted by Crippen LogP contribution is 2.17. The van der Waals surface area contributed by atoms with Gasteiger partial charge >= 0.3 is 6.03 Å². The number of urea groups is 1. The van der Waals surface area contributed by atoms with Gasteiger partial charge in [-0.1, -0.05) is 12.1 Å². The minimum Gasteiger partial charge on any atom is -0.352 e. The number of carbonyl (C=O) groups excluding carboxylic acids is 2. The molecular weight excluding hydrogens is 275 g/mol. The van der Waals surface area contributed by atoms with E-state index in [0.717, 1.165) is 5.56 Å². The van der Waals surface area contributed by atoms with Gasteiger partial charge < -0.3 is 20.9 Å². The molecule has 0 saturated carbocycles. The minimum absolute atomic E-state index is 0.0698. The molecule has 2 rings (SSSR count). The molecule has 3 amide bonds. The molecular formula is C14H19FN4O2. The van der Waals surface area contributed by atoms with Crippen molar-refractivity contribution in [1.29, 1.82) is 0 Å². The molecule has 0 unspecified atom stereocenters. The van der Waals surface area contributed by atoms with E-state index in [1.165, 1.54) is 12.1 Å². The maximum Gasteiger partial charge on any atom is 0.315 e. The summed E-state index contributed by atoms with van der Waals surface area (Å²) < 4.78 is 13.0. The Balaban J connectivity index is 1.95. The summed E-state index contributed by atoms with van der Waals surface area (Å²) in [5, 5.41) is 7.88. The van der Waals surface area contributed by atoms with Gasteiger partial charge in [0.2, 0.25) is 5.91 Å². The van der Waals surface area contributed by atoms with Crippen molar-refractivity contribution < 1.29 is 14.0 Å². The smallest absolute Gasteiger partial charge is 0.315 e. The molecule has 0 aliphatic carbocycles. The van der Waals surface area contributed by atoms with Crippen LogP contribution in [0.2, 0.25) is 0 Å². The highest BCUT2D eigenvalue weighted by molar-refractivity contribution is 5.90. The Morgan fingerprint density at radius 3 is 2.62 bits per heavy atom. The van der Waals surface area contributed by atoms with E-state index in [9.17, 15) is 14.0 Å². The maximum absolute atomic E-state index is 13.0. The normalized spacial score (nSPS) is 19.0. The molecule has 0 spiro atoms. The van der Waals surface area contributed by atoms with E-state index in [-0.39, 0.29) is 30.3 Å². The molecule has 1 aromatic carbocycles. The summed E-state index contributed by atoms with van der Waals surface area (Å²) in [5.74, 6) is -0.526. The number of hydrogen-bond acceptors (Lipinski definition) is 3. The van der Waals surface area contributed by atoms with Gasteiger partial charge in [-0.15, -0.1) is 0 Å². The average molecular weight is 294 g/mol. The quantitative estimate of drug-likeness (QED) is 0.727. The van der Waals surface area contributed by atoms with Crippen molar-refractivity contribution in [3.05, 3.63) is 35.6 Å². The number of nitrogens with one attached hydrogen (secondary N) is 3. The number of benzene rings is 1. The fourth-order valence-electron chi connectivity index (χ4n) is 2.22. The molecule has 21 heavy (non-hydrogen) atoms. The summed E-state index contributed by atoms with van der Waals surface area (Å²) in [5.41, 5.74) is 0.912. The van der Waals surface area contributed by atoms with Crippen molar-refractivity contribution in [3.8, 4) is 0 Å². The van der Waals surface area contributed by atoms with Crippen molar-refractivity contribution in [1.82, 2.24) is 20.9 Å². The van der Waals surface area contributed by atoms with Crippen LogP contribution < -0.4 is 16.0 Å². The number of likely N-dealkylation sites (N-methyl/N-ethyl adjacent to an activating group) is 1. The Hall–Kier alpha value is -2.15. The zero-order chi connectivity index (χ0) is 15.4. The molecule has 114 valence electrons. The van der Waals surface area contributed by atoms with E-state index in [2.05, 4.69) is 16.0 Å². The summed E-state index contributed by atoms with van der Waals surface area (Å²) >= 11 is 0. The van der Waals surface area contributed by atoms with Gasteiger partial charge in [-0.25, -0.2) is 9.18 Å². The van der Waals surface area contributed by atoms with Gasteiger partial charge in [-0.2, -0.15) is 0 Å². The predicted octanol–water partition coefficient (Wildman–Crippen LogP) is 0.226. The van der Waals surface area contributed by atoms with Gasteiger partial charge in [0.1, 0.15) is 11.9 Å². The second-order valence-electron chi connectivity index (χ2n) is 5.18. The zero-order valence-electron chi connectivity index (χ0n) is 12.0. The van der Waals surface area contributed by atoms with Gasteiger partial charge in [-0.3, -0.25) is 4.79 Å². The Bertz CT molecular complexity index is 518. The third-order valence-corrected chi connectivity index (χ3v) is 3.44. The molecule has 3 N–H and O–H groups in total. The number of halogens is 1. The summed E-state index contributed by atoms with van der Waals surface area (Å²) in [4.78, 5) is 24.9. The molecule has 1 saturated heterocycles. The van der Waals surface area contributed by atoms with Crippen LogP contribution in [0.1, 0.15) is 11.6 Å². The van der Waals surface area contributed by atoms with Crippen LogP contribution >= 0.6 is 0 Å². The first-order valence-electron chi connectivity index (χ1n) is 6.71. The van der Waals surface area contributed by atoms with Gasteiger partial charge in [-0.05, 0) is 31.8 Å². The van der Waals surface area contributed by atoms with Crippen molar-refractivity contribution in [2.24, 2.45) is 0 Å². The lowest BCUT2D eigenvalue weighted by molar-refractivity contribution is -0.122. The molecule has 1 aliphatic rings. The highest BCUT2D eigenvalue weighted by Gasteiger charge is 2.27. The van der Waals surface area contributed by atoms with Crippen molar-refractivity contribution in [3.63, 3.8) is 0 Å². The summed E-state index contributed by atoms with van der Waals surface area (Å²) in [6, 6.07) is 5.24. The fourth-order valence-corrected chi connectivity index (χ4v) is 2.22. The Morgan fingerprint density at radius 1 is 1.43 bits per heavy atom. The summed E-state index contributed by atoms with van der Waals surface area (Å²) in [7, 11) is 3.78. The lowest BCUT2D eigenvalue weighted by Crippen LogP contribution is -2.45. The van der Waals surface area contributed by atoms with E-state index in [1.54, 1.807) is 12.1 Å². The standard InChI is InChI=1S/C14H19FN4O2/c1-19(2)12(9-3-5-10(15)6-4-9)8-16-13(20)11-7-17-14(21)18-11/h3-6,11-12H,7-8H2,1-2H3,(H,16,20)(H2,17,18,21)/t11-,12-/m0/s1. The van der Waals surface area contributed by atoms with Crippen LogP contribution in [0.3, 0.4) is 0 Å². The molecule has 1 aliphatic heterocycles. The van der Waals surface area contributed by atoms with Gasteiger partial charge in [0.25, 0.3) is 0 Å². The van der Waals surface area contributed by atoms with E-state index in [4.69, 9.17) is 0 Å². The number of nitrogens with zero attached hydrogens (tertiary/aromatic N) is 1. The maximum atomic E-state index is 13.0. The molecule has 0 radical (unpaired) electrons. The Labute approximate surface area is 122 Å². The average Bonchev–Trinajstić information content (AvgIpc) is 2.87. The lowest BCUT2D eigenvalue weighted by Gasteiger charge is -2.25. The van der Waals surface area contributed by atoms with Crippen LogP contribution in [0.25, 0.3) is 0 Å². The van der Waals surface area contributed by atoms with Crippen molar-refractivity contribution in [2.45, 2.75) is 12.1 Å². The van der Waals surface area contributed by atoms with Crippen LogP contribution in [0.5, 0.6) is 0 Å². The Kier molecular flexibility index (Phi) is 4.74. The molecule has 6 nitrogen and oxygen atoms in total. The van der Waals surface area contributed by atoms with Crippen molar-refractivity contribution >= 4 is 11.9 Å². The second-order valence-corrected chi connectivity index (χ2v) is 5.18. The van der Waals surface area contributed by atoms with Crippen LogP contribution in [0.4, 0.5) is 9.18 Å². The minimum atomic E-state index is -0.548. The first-order chi connectivity index (χ1) is 9.97. The summed E-state index contributed by atoms with van der Waals surface area (Å²) in [6.45, 7) is 0.664. The van der Waals surface area contributed by atoms with Gasteiger partial charge in [0.05, 0.1) is 6.04 Å². The monoisotopic (exact) mass is 294 g/mol. The topological polar surface area (TPSA) is 73.5 Å². The number of amides is 3. The largest absolute Gasteiger partial charge is 0.352 e. The van der Waals surface area contributed by atoms with Crippen molar-refractivity contribution in [2.75, 3.05) is 27.2 Å². The molecule has 0 bridgehead atoms. The molecule has 7 heteroatoms. The first-order valence-corrected chi connectivity index (χ1v) is 6.71. The zero-order valence-corrected chi connectivity index (χ0v) is 12.0. The Morgan fingerprint density at radius 2 is 2.10 bits per heavy atom. The molecule has 1 heterocycles. The van der Waals surface area contributed by atoms with Crippen LogP contribution in [0, 0.1) is 5.82 Å². The predicted molar refractivity (Wildman–Crippen MR) is 76.2 cm³/mol. The number of carbonyl (C=O) groups is 2. The van der Waals surface area contributed by atoms with E-state index in [1.807, 2.05) is 19.0 Å². The molecule has 1 fully saturated rings. The van der Waals surface area contributed by atoms with Crippen LogP contribution in [-0.2, 0) is 4.79 Å². The van der Waals surface area contributed by atoms with Crippen LogP contribution in [-0.4, -0.2) is 50.1 Å². The summed E-state index contributed by atoms with van der Waals surface area (Å²) in [6.07, 6.45) is 0. The number of rotatable bonds is 5.